The molecular weight excluding hydrogens is 426 g/mol. The average Bonchev–Trinajstić information content (AvgIpc) is 3.29. The van der Waals surface area contributed by atoms with E-state index < -0.39 is 0 Å². The molecule has 174 valence electrons. The number of benzene rings is 3. The number of hydrogen-bond acceptors (Lipinski definition) is 4. The van der Waals surface area contributed by atoms with Gasteiger partial charge in [0.2, 0.25) is 5.91 Å². The van der Waals surface area contributed by atoms with Gasteiger partial charge in [-0.05, 0) is 49.1 Å². The Morgan fingerprint density at radius 2 is 1.76 bits per heavy atom. The summed E-state index contributed by atoms with van der Waals surface area (Å²) in [6, 6.07) is 20.0. The number of para-hydroxylation sites is 1. The Morgan fingerprint density at radius 1 is 1.03 bits per heavy atom. The normalized spacial score (nSPS) is 11.5. The molecule has 0 spiro atoms. The predicted octanol–water partition coefficient (Wildman–Crippen LogP) is 6.19. The molecule has 0 bridgehead atoms. The maximum Gasteiger partial charge on any atom is 0.244 e. The highest BCUT2D eigenvalue weighted by Crippen LogP contribution is 2.40. The SMILES string of the molecule is COc1ccccc1CCNC(=O)/C=C(\C)c1cc2c(-c3ccccc3)coc2c(C)c1OC. The third-order valence-electron chi connectivity index (χ3n) is 5.99. The molecule has 5 nitrogen and oxygen atoms in total. The zero-order valence-electron chi connectivity index (χ0n) is 20.0. The molecule has 0 unspecified atom stereocenters. The number of carbonyl (C=O) groups excluding carboxylic acids is 1. The van der Waals surface area contributed by atoms with Crippen LogP contribution in [0.4, 0.5) is 0 Å². The van der Waals surface area contributed by atoms with Crippen molar-refractivity contribution in [2.24, 2.45) is 0 Å². The highest BCUT2D eigenvalue weighted by Gasteiger charge is 2.18. The summed E-state index contributed by atoms with van der Waals surface area (Å²) in [6.45, 7) is 4.41. The number of carbonyl (C=O) groups is 1. The molecule has 0 radical (unpaired) electrons. The number of rotatable bonds is 8. The molecule has 0 atom stereocenters. The van der Waals surface area contributed by atoms with Crippen LogP contribution >= 0.6 is 0 Å². The number of fused-ring (bicyclic) bond motifs is 1. The van der Waals surface area contributed by atoms with E-state index in [-0.39, 0.29) is 5.91 Å². The number of allylic oxidation sites excluding steroid dienone is 1. The molecule has 1 aromatic heterocycles. The van der Waals surface area contributed by atoms with Gasteiger partial charge in [0.05, 0.1) is 20.5 Å². The molecule has 0 aliphatic carbocycles. The monoisotopic (exact) mass is 455 g/mol. The van der Waals surface area contributed by atoms with Crippen LogP contribution in [0.1, 0.15) is 23.6 Å². The largest absolute Gasteiger partial charge is 0.496 e. The topological polar surface area (TPSA) is 60.7 Å². The van der Waals surface area contributed by atoms with Crippen LogP contribution in [0.2, 0.25) is 0 Å². The Kier molecular flexibility index (Phi) is 7.02. The van der Waals surface area contributed by atoms with Crippen LogP contribution in [0.25, 0.3) is 27.7 Å². The molecule has 0 aliphatic heterocycles. The first-order valence-corrected chi connectivity index (χ1v) is 11.3. The average molecular weight is 456 g/mol. The molecule has 4 aromatic rings. The molecule has 34 heavy (non-hydrogen) atoms. The van der Waals surface area contributed by atoms with Crippen LogP contribution in [0.15, 0.2) is 77.4 Å². The van der Waals surface area contributed by atoms with Gasteiger partial charge in [-0.1, -0.05) is 48.5 Å². The first-order valence-electron chi connectivity index (χ1n) is 11.3. The van der Waals surface area contributed by atoms with Gasteiger partial charge in [0.25, 0.3) is 0 Å². The van der Waals surface area contributed by atoms with Crippen LogP contribution in [-0.4, -0.2) is 26.7 Å². The molecular formula is C29H29NO4. The Balaban J connectivity index is 1.59. The summed E-state index contributed by atoms with van der Waals surface area (Å²) in [6.07, 6.45) is 4.08. The number of amides is 1. The van der Waals surface area contributed by atoms with Crippen LogP contribution in [-0.2, 0) is 11.2 Å². The van der Waals surface area contributed by atoms with E-state index in [1.165, 1.54) is 0 Å². The molecule has 3 aromatic carbocycles. The van der Waals surface area contributed by atoms with Crippen molar-refractivity contribution in [1.29, 1.82) is 0 Å². The van der Waals surface area contributed by atoms with Crippen LogP contribution in [0, 0.1) is 6.92 Å². The van der Waals surface area contributed by atoms with Gasteiger partial charge in [-0.25, -0.2) is 0 Å². The minimum Gasteiger partial charge on any atom is -0.496 e. The molecule has 1 heterocycles. The van der Waals surface area contributed by atoms with Crippen LogP contribution in [0.5, 0.6) is 11.5 Å². The minimum absolute atomic E-state index is 0.150. The summed E-state index contributed by atoms with van der Waals surface area (Å²) in [5, 5.41) is 3.96. The lowest BCUT2D eigenvalue weighted by molar-refractivity contribution is -0.116. The summed E-state index contributed by atoms with van der Waals surface area (Å²) < 4.78 is 17.0. The van der Waals surface area contributed by atoms with E-state index >= 15 is 0 Å². The van der Waals surface area contributed by atoms with E-state index in [4.69, 9.17) is 13.9 Å². The molecule has 1 N–H and O–H groups in total. The number of aryl methyl sites for hydroxylation is 1. The lowest BCUT2D eigenvalue weighted by Crippen LogP contribution is -2.24. The number of ether oxygens (including phenoxy) is 2. The molecule has 0 aliphatic rings. The zero-order valence-corrected chi connectivity index (χ0v) is 20.0. The Morgan fingerprint density at radius 3 is 2.50 bits per heavy atom. The van der Waals surface area contributed by atoms with Crippen molar-refractivity contribution in [3.63, 3.8) is 0 Å². The molecule has 1 amide bonds. The highest BCUT2D eigenvalue weighted by molar-refractivity contribution is 6.01. The van der Waals surface area contributed by atoms with Crippen molar-refractivity contribution in [2.75, 3.05) is 20.8 Å². The van der Waals surface area contributed by atoms with Crippen molar-refractivity contribution in [1.82, 2.24) is 5.32 Å². The Bertz CT molecular complexity index is 1340. The van der Waals surface area contributed by atoms with Gasteiger partial charge in [-0.3, -0.25) is 4.79 Å². The third-order valence-corrected chi connectivity index (χ3v) is 5.99. The molecule has 0 saturated carbocycles. The fourth-order valence-electron chi connectivity index (χ4n) is 4.27. The second kappa shape index (κ2) is 10.3. The number of nitrogens with one attached hydrogen (secondary N) is 1. The Labute approximate surface area is 200 Å². The second-order valence-corrected chi connectivity index (χ2v) is 8.15. The highest BCUT2D eigenvalue weighted by atomic mass is 16.5. The first-order chi connectivity index (χ1) is 16.5. The zero-order chi connectivity index (χ0) is 24.1. The van der Waals surface area contributed by atoms with Crippen molar-refractivity contribution >= 4 is 22.4 Å². The summed E-state index contributed by atoms with van der Waals surface area (Å²) in [4.78, 5) is 12.7. The van der Waals surface area contributed by atoms with E-state index in [0.29, 0.717) is 18.7 Å². The van der Waals surface area contributed by atoms with Crippen LogP contribution in [0.3, 0.4) is 0 Å². The maximum absolute atomic E-state index is 12.7. The summed E-state index contributed by atoms with van der Waals surface area (Å²) in [7, 11) is 3.29. The summed E-state index contributed by atoms with van der Waals surface area (Å²) in [5.74, 6) is 1.38. The van der Waals surface area contributed by atoms with Crippen molar-refractivity contribution in [3.05, 3.63) is 89.7 Å². The summed E-state index contributed by atoms with van der Waals surface area (Å²) >= 11 is 0. The van der Waals surface area contributed by atoms with E-state index in [1.807, 2.05) is 62.4 Å². The van der Waals surface area contributed by atoms with Gasteiger partial charge in [-0.2, -0.15) is 0 Å². The minimum atomic E-state index is -0.150. The van der Waals surface area contributed by atoms with Gasteiger partial charge in [0, 0.05) is 34.7 Å². The molecule has 4 rings (SSSR count). The van der Waals surface area contributed by atoms with E-state index in [0.717, 1.165) is 50.1 Å². The summed E-state index contributed by atoms with van der Waals surface area (Å²) in [5.41, 5.74) is 6.52. The van der Waals surface area contributed by atoms with Gasteiger partial charge >= 0.3 is 0 Å². The maximum atomic E-state index is 12.7. The van der Waals surface area contributed by atoms with Gasteiger partial charge in [-0.15, -0.1) is 0 Å². The number of furan rings is 1. The lowest BCUT2D eigenvalue weighted by Gasteiger charge is -2.13. The van der Waals surface area contributed by atoms with E-state index in [1.54, 1.807) is 26.6 Å². The first kappa shape index (κ1) is 23.2. The smallest absolute Gasteiger partial charge is 0.244 e. The van der Waals surface area contributed by atoms with Gasteiger partial charge in [0.15, 0.2) is 0 Å². The predicted molar refractivity (Wildman–Crippen MR) is 136 cm³/mol. The fraction of sp³-hybridized carbons (Fsp3) is 0.207. The van der Waals surface area contributed by atoms with Gasteiger partial charge < -0.3 is 19.2 Å². The number of hydrogen-bond donors (Lipinski definition) is 1. The number of methoxy groups -OCH3 is 2. The van der Waals surface area contributed by atoms with E-state index in [9.17, 15) is 4.79 Å². The van der Waals surface area contributed by atoms with Crippen molar-refractivity contribution < 1.29 is 18.7 Å². The molecule has 0 saturated heterocycles. The van der Waals surface area contributed by atoms with Crippen molar-refractivity contribution in [3.8, 4) is 22.6 Å². The van der Waals surface area contributed by atoms with Crippen LogP contribution < -0.4 is 14.8 Å². The Hall–Kier alpha value is -3.99. The second-order valence-electron chi connectivity index (χ2n) is 8.15. The quantitative estimate of drug-likeness (QED) is 0.322. The van der Waals surface area contributed by atoms with E-state index in [2.05, 4.69) is 17.4 Å². The molecule has 0 fully saturated rings. The molecule has 5 heteroatoms. The fourth-order valence-corrected chi connectivity index (χ4v) is 4.27. The van der Waals surface area contributed by atoms with Crippen molar-refractivity contribution in [2.45, 2.75) is 20.3 Å². The standard InChI is InChI=1S/C29H29NO4/c1-19(16-27(31)30-15-14-22-12-8-9-13-26(22)32-3)23-17-24-25(21-10-6-5-7-11-21)18-34-29(24)20(2)28(23)33-4/h5-13,16-18H,14-15H2,1-4H3,(H,30,31)/b19-16+. The third kappa shape index (κ3) is 4.69. The lowest BCUT2D eigenvalue weighted by atomic mass is 9.96. The van der Waals surface area contributed by atoms with Gasteiger partial charge in [0.1, 0.15) is 17.1 Å².